The Hall–Kier alpha value is -2.69. The molecule has 0 saturated carbocycles. The van der Waals surface area contributed by atoms with Crippen LogP contribution < -0.4 is 0 Å². The van der Waals surface area contributed by atoms with Crippen molar-refractivity contribution in [1.29, 1.82) is 0 Å². The summed E-state index contributed by atoms with van der Waals surface area (Å²) in [5, 5.41) is 0. The van der Waals surface area contributed by atoms with E-state index in [0.29, 0.717) is 11.4 Å². The van der Waals surface area contributed by atoms with Gasteiger partial charge in [0.2, 0.25) is 0 Å². The van der Waals surface area contributed by atoms with Crippen molar-refractivity contribution in [2.24, 2.45) is 0 Å². The molecule has 0 heterocycles. The van der Waals surface area contributed by atoms with Crippen LogP contribution in [0.5, 0.6) is 0 Å². The van der Waals surface area contributed by atoms with Gasteiger partial charge in [0.1, 0.15) is 0 Å². The third-order valence-electron chi connectivity index (χ3n) is 4.22. The Morgan fingerprint density at radius 2 is 0.774 bits per heavy atom. The van der Waals surface area contributed by atoms with Gasteiger partial charge in [0.05, 0.1) is 13.1 Å². The molecule has 0 aromatic heterocycles. The van der Waals surface area contributed by atoms with E-state index in [1.54, 1.807) is 0 Å². The zero-order valence-corrected chi connectivity index (χ0v) is 20.5. The maximum absolute atomic E-state index is 7.06. The number of hydrogen-bond donors (Lipinski definition) is 0. The van der Waals surface area contributed by atoms with E-state index < -0.39 is 0 Å². The molecular weight excluding hydrogens is 559 g/mol. The van der Waals surface area contributed by atoms with Gasteiger partial charge in [-0.15, -0.1) is 0 Å². The molecule has 0 bridgehead atoms. The van der Waals surface area contributed by atoms with Gasteiger partial charge in [-0.3, -0.25) is 0 Å². The summed E-state index contributed by atoms with van der Waals surface area (Å²) in [6.45, 7) is 14.1. The molecular formula is C26H18Br2N2Ni. The SMILES string of the molecule is [Br][Ni][Br].[C-]#[N+]c1ccccc1-c1ccccc1.[C-]#[N+]c1ccccc1-c1ccccc1. The molecule has 156 valence electrons. The van der Waals surface area contributed by atoms with Crippen LogP contribution in [-0.2, 0) is 10.9 Å². The number of nitrogens with zero attached hydrogens (tertiary/aromatic N) is 2. The molecule has 0 N–H and O–H groups in total. The molecule has 0 unspecified atom stereocenters. The molecule has 4 aromatic rings. The summed E-state index contributed by atoms with van der Waals surface area (Å²) >= 11 is 6.00. The van der Waals surface area contributed by atoms with Crippen LogP contribution in [0, 0.1) is 13.1 Å². The molecule has 0 saturated heterocycles. The third kappa shape index (κ3) is 7.82. The topological polar surface area (TPSA) is 8.72 Å². The average molecular weight is 577 g/mol. The first kappa shape index (κ1) is 24.6. The quantitative estimate of drug-likeness (QED) is 0.166. The Bertz CT molecular complexity index is 1060. The minimum absolute atomic E-state index is 0.707. The predicted molar refractivity (Wildman–Crippen MR) is 134 cm³/mol. The zero-order valence-electron chi connectivity index (χ0n) is 16.4. The van der Waals surface area contributed by atoms with Crippen LogP contribution in [-0.4, -0.2) is 0 Å². The number of benzene rings is 4. The molecule has 4 aromatic carbocycles. The van der Waals surface area contributed by atoms with Gasteiger partial charge >= 0.3 is 39.3 Å². The Balaban J connectivity index is 0.000000196. The minimum Gasteiger partial charge on any atom is -0.238 e. The molecule has 0 atom stereocenters. The molecule has 0 aliphatic heterocycles. The van der Waals surface area contributed by atoms with E-state index in [4.69, 9.17) is 13.1 Å². The maximum Gasteiger partial charge on any atom is 0.194 e. The second-order valence-electron chi connectivity index (χ2n) is 6.04. The first-order valence-corrected chi connectivity index (χ1v) is 14.0. The Morgan fingerprint density at radius 1 is 0.484 bits per heavy atom. The molecule has 4 rings (SSSR count). The number of rotatable bonds is 2. The van der Waals surface area contributed by atoms with Gasteiger partial charge in [-0.05, 0) is 22.3 Å². The van der Waals surface area contributed by atoms with Crippen molar-refractivity contribution in [3.63, 3.8) is 0 Å². The van der Waals surface area contributed by atoms with Gasteiger partial charge in [-0.25, -0.2) is 9.69 Å². The maximum atomic E-state index is 7.06. The van der Waals surface area contributed by atoms with Crippen LogP contribution in [0.4, 0.5) is 11.4 Å². The van der Waals surface area contributed by atoms with Gasteiger partial charge in [-0.2, -0.15) is 0 Å². The molecule has 0 spiro atoms. The number of para-hydroxylation sites is 2. The number of halogens is 2. The second-order valence-corrected chi connectivity index (χ2v) is 11.0. The third-order valence-corrected chi connectivity index (χ3v) is 4.22. The van der Waals surface area contributed by atoms with Crippen molar-refractivity contribution in [1.82, 2.24) is 0 Å². The molecule has 0 aliphatic rings. The van der Waals surface area contributed by atoms with Gasteiger partial charge < -0.3 is 0 Å². The molecule has 0 amide bonds. The van der Waals surface area contributed by atoms with Crippen LogP contribution in [0.3, 0.4) is 0 Å². The second kappa shape index (κ2) is 14.3. The van der Waals surface area contributed by atoms with E-state index in [1.807, 2.05) is 109 Å². The van der Waals surface area contributed by atoms with E-state index in [9.17, 15) is 0 Å². The fourth-order valence-electron chi connectivity index (χ4n) is 2.87. The first-order chi connectivity index (χ1) is 15.2. The fourth-order valence-corrected chi connectivity index (χ4v) is 2.87. The van der Waals surface area contributed by atoms with Gasteiger partial charge in [-0.1, -0.05) is 109 Å². The molecule has 0 aliphatic carbocycles. The van der Waals surface area contributed by atoms with E-state index in [0.717, 1.165) is 22.3 Å². The Kier molecular flexibility index (Phi) is 11.4. The van der Waals surface area contributed by atoms with Crippen molar-refractivity contribution < 1.29 is 10.9 Å². The monoisotopic (exact) mass is 574 g/mol. The predicted octanol–water partition coefficient (Wildman–Crippen LogP) is 9.50. The van der Waals surface area contributed by atoms with Crippen molar-refractivity contribution in [3.8, 4) is 22.3 Å². The number of hydrogen-bond acceptors (Lipinski definition) is 0. The van der Waals surface area contributed by atoms with E-state index in [2.05, 4.69) is 38.1 Å². The molecule has 0 fully saturated rings. The largest absolute Gasteiger partial charge is 0.238 e. The summed E-state index contributed by atoms with van der Waals surface area (Å²) < 4.78 is 0. The van der Waals surface area contributed by atoms with Crippen molar-refractivity contribution >= 4 is 39.8 Å². The summed E-state index contributed by atoms with van der Waals surface area (Å²) in [5.74, 6) is 0. The normalized spacial score (nSPS) is 9.16. The average Bonchev–Trinajstić information content (AvgIpc) is 2.86. The van der Waals surface area contributed by atoms with Crippen molar-refractivity contribution in [2.45, 2.75) is 0 Å². The van der Waals surface area contributed by atoms with Gasteiger partial charge in [0.15, 0.2) is 11.4 Å². The molecule has 0 radical (unpaired) electrons. The summed E-state index contributed by atoms with van der Waals surface area (Å²) in [7, 11) is 1.25. The van der Waals surface area contributed by atoms with Crippen LogP contribution in [0.1, 0.15) is 0 Å². The molecule has 31 heavy (non-hydrogen) atoms. The Morgan fingerprint density at radius 3 is 1.10 bits per heavy atom. The van der Waals surface area contributed by atoms with Crippen LogP contribution in [0.2, 0.25) is 0 Å². The summed E-state index contributed by atoms with van der Waals surface area (Å²) in [4.78, 5) is 6.99. The van der Waals surface area contributed by atoms with Gasteiger partial charge in [0.25, 0.3) is 0 Å². The Labute approximate surface area is 204 Å². The fraction of sp³-hybridized carbons (Fsp3) is 0. The van der Waals surface area contributed by atoms with E-state index in [1.165, 1.54) is 10.9 Å². The summed E-state index contributed by atoms with van der Waals surface area (Å²) in [5.41, 5.74) is 5.61. The summed E-state index contributed by atoms with van der Waals surface area (Å²) in [6.07, 6.45) is 0. The minimum atomic E-state index is 0.707. The molecule has 2 nitrogen and oxygen atoms in total. The van der Waals surface area contributed by atoms with Crippen LogP contribution in [0.15, 0.2) is 109 Å². The van der Waals surface area contributed by atoms with E-state index in [-0.39, 0.29) is 0 Å². The van der Waals surface area contributed by atoms with Crippen LogP contribution in [0.25, 0.3) is 31.9 Å². The van der Waals surface area contributed by atoms with Crippen molar-refractivity contribution in [3.05, 3.63) is 132 Å². The van der Waals surface area contributed by atoms with Crippen molar-refractivity contribution in [2.75, 3.05) is 0 Å². The first-order valence-electron chi connectivity index (χ1n) is 9.11. The standard InChI is InChI=1S/2C13H9N.2BrH.Ni/c2*1-14-13-10-6-5-9-12(13)11-7-3-2-4-8-11;;;/h2*2-10H;2*1H;/q;;;;+2/p-2. The van der Waals surface area contributed by atoms with E-state index >= 15 is 0 Å². The van der Waals surface area contributed by atoms with Crippen LogP contribution >= 0.6 is 28.5 Å². The van der Waals surface area contributed by atoms with Gasteiger partial charge in [0, 0.05) is 0 Å². The zero-order chi connectivity index (χ0) is 22.3. The smallest absolute Gasteiger partial charge is 0.194 e. The summed E-state index contributed by atoms with van der Waals surface area (Å²) in [6, 6.07) is 35.3. The molecule has 5 heteroatoms.